The topological polar surface area (TPSA) is 43.4 Å². The molecule has 2 aromatic rings. The Morgan fingerprint density at radius 2 is 1.13 bits per heavy atom. The van der Waals surface area contributed by atoms with E-state index >= 15 is 8.78 Å². The van der Waals surface area contributed by atoms with Crippen LogP contribution in [-0.2, 0) is 14.3 Å². The fourth-order valence-corrected chi connectivity index (χ4v) is 6.79. The number of ether oxygens (including phenoxy) is 1. The number of carbonyl (C=O) groups excluding carboxylic acids is 2. The lowest BCUT2D eigenvalue weighted by molar-refractivity contribution is -0.156. The Labute approximate surface area is 174 Å². The predicted octanol–water partition coefficient (Wildman–Crippen LogP) is 5.02. The van der Waals surface area contributed by atoms with Crippen LogP contribution in [0.5, 0.6) is 0 Å². The quantitative estimate of drug-likeness (QED) is 0.148. The summed E-state index contributed by atoms with van der Waals surface area (Å²) in [6.07, 6.45) is 0.191. The first-order valence-corrected chi connectivity index (χ1v) is 10.0. The van der Waals surface area contributed by atoms with Gasteiger partial charge in [-0.25, -0.2) is 17.6 Å². The average molecular weight is 428 g/mol. The summed E-state index contributed by atoms with van der Waals surface area (Å²) in [7, 11) is 0. The SMILES string of the molecule is CC1=C(C)C[C@]23C(=O)OC(=O)[C@]2(C1)[C@@H]1c2ccccc2[C@H]3c2c(F)c(F)c(F)c(F)c21. The second-order valence-electron chi connectivity index (χ2n) is 9.11. The molecule has 4 atom stereocenters. The number of allylic oxidation sites excluding steroid dienone is 2. The third-order valence-electron chi connectivity index (χ3n) is 8.05. The van der Waals surface area contributed by atoms with E-state index in [0.29, 0.717) is 11.1 Å². The molecule has 1 heterocycles. The molecule has 0 unspecified atom stereocenters. The van der Waals surface area contributed by atoms with Crippen LogP contribution in [-0.4, -0.2) is 11.9 Å². The van der Waals surface area contributed by atoms with Crippen LogP contribution in [0.1, 0.15) is 60.8 Å². The van der Waals surface area contributed by atoms with Gasteiger partial charge in [0.25, 0.3) is 0 Å². The van der Waals surface area contributed by atoms with Gasteiger partial charge < -0.3 is 4.74 Å². The van der Waals surface area contributed by atoms with Gasteiger partial charge in [0.1, 0.15) is 10.8 Å². The molecule has 7 heteroatoms. The minimum atomic E-state index is -1.92. The summed E-state index contributed by atoms with van der Waals surface area (Å²) < 4.78 is 64.4. The first kappa shape index (κ1) is 18.8. The Balaban J connectivity index is 1.85. The van der Waals surface area contributed by atoms with Crippen LogP contribution in [0, 0.1) is 34.1 Å². The van der Waals surface area contributed by atoms with Crippen LogP contribution in [0.2, 0.25) is 0 Å². The predicted molar refractivity (Wildman–Crippen MR) is 100.0 cm³/mol. The van der Waals surface area contributed by atoms with Gasteiger partial charge in [0.05, 0.1) is 0 Å². The van der Waals surface area contributed by atoms with E-state index in [0.717, 1.165) is 11.1 Å². The number of benzene rings is 2. The third kappa shape index (κ3) is 1.73. The monoisotopic (exact) mass is 428 g/mol. The molecular formula is C24H16F4O3. The molecule has 0 spiro atoms. The maximum Gasteiger partial charge on any atom is 0.322 e. The van der Waals surface area contributed by atoms with E-state index in [1.807, 2.05) is 13.8 Å². The van der Waals surface area contributed by atoms with Crippen molar-refractivity contribution < 1.29 is 31.9 Å². The number of carbonyl (C=O) groups is 2. The Hall–Kier alpha value is -2.96. The second kappa shape index (κ2) is 5.44. The van der Waals surface area contributed by atoms with Crippen LogP contribution in [0.3, 0.4) is 0 Å². The fraction of sp³-hybridized carbons (Fsp3) is 0.333. The molecule has 0 aromatic heterocycles. The van der Waals surface area contributed by atoms with E-state index in [1.165, 1.54) is 0 Å². The smallest absolute Gasteiger partial charge is 0.322 e. The van der Waals surface area contributed by atoms with Crippen molar-refractivity contribution in [3.05, 3.63) is 80.9 Å². The van der Waals surface area contributed by atoms with Crippen molar-refractivity contribution in [1.82, 2.24) is 0 Å². The second-order valence-corrected chi connectivity index (χ2v) is 9.11. The van der Waals surface area contributed by atoms with Crippen molar-refractivity contribution in [2.24, 2.45) is 10.8 Å². The van der Waals surface area contributed by atoms with E-state index in [4.69, 9.17) is 4.74 Å². The highest BCUT2D eigenvalue weighted by Gasteiger charge is 2.80. The number of hydrogen-bond donors (Lipinski definition) is 0. The molecule has 0 amide bonds. The summed E-state index contributed by atoms with van der Waals surface area (Å²) >= 11 is 0. The molecule has 7 rings (SSSR count). The molecule has 2 bridgehead atoms. The largest absolute Gasteiger partial charge is 0.392 e. The summed E-state index contributed by atoms with van der Waals surface area (Å²) in [6, 6.07) is 6.71. The van der Waals surface area contributed by atoms with E-state index in [2.05, 4.69) is 0 Å². The molecule has 31 heavy (non-hydrogen) atoms. The minimum Gasteiger partial charge on any atom is -0.392 e. The summed E-state index contributed by atoms with van der Waals surface area (Å²) in [5, 5.41) is 0. The van der Waals surface area contributed by atoms with E-state index in [1.54, 1.807) is 24.3 Å². The van der Waals surface area contributed by atoms with Gasteiger partial charge in [-0.05, 0) is 37.8 Å². The molecule has 4 aliphatic carbocycles. The summed E-state index contributed by atoms with van der Waals surface area (Å²) in [6.45, 7) is 3.64. The van der Waals surface area contributed by atoms with Gasteiger partial charge in [0.15, 0.2) is 23.3 Å². The molecule has 0 radical (unpaired) electrons. The van der Waals surface area contributed by atoms with Crippen molar-refractivity contribution in [2.75, 3.05) is 0 Å². The fourth-order valence-electron chi connectivity index (χ4n) is 6.79. The molecule has 5 aliphatic rings. The van der Waals surface area contributed by atoms with E-state index < -0.39 is 57.9 Å². The van der Waals surface area contributed by atoms with Gasteiger partial charge >= 0.3 is 11.9 Å². The lowest BCUT2D eigenvalue weighted by Gasteiger charge is -2.60. The van der Waals surface area contributed by atoms with Crippen LogP contribution < -0.4 is 0 Å². The van der Waals surface area contributed by atoms with Crippen LogP contribution in [0.4, 0.5) is 17.6 Å². The van der Waals surface area contributed by atoms with Crippen LogP contribution in [0.15, 0.2) is 35.4 Å². The first-order valence-electron chi connectivity index (χ1n) is 10.0. The zero-order valence-electron chi connectivity index (χ0n) is 16.6. The molecule has 1 fully saturated rings. The van der Waals surface area contributed by atoms with E-state index in [9.17, 15) is 18.4 Å². The van der Waals surface area contributed by atoms with Gasteiger partial charge in [-0.3, -0.25) is 9.59 Å². The van der Waals surface area contributed by atoms with Crippen LogP contribution in [0.25, 0.3) is 0 Å². The van der Waals surface area contributed by atoms with Gasteiger partial charge in [0, 0.05) is 23.0 Å². The highest BCUT2D eigenvalue weighted by Crippen LogP contribution is 2.77. The number of hydrogen-bond acceptors (Lipinski definition) is 3. The Bertz CT molecular complexity index is 1200. The molecule has 3 nitrogen and oxygen atoms in total. The van der Waals surface area contributed by atoms with Crippen LogP contribution >= 0.6 is 0 Å². The maximum atomic E-state index is 15.3. The van der Waals surface area contributed by atoms with Crippen molar-refractivity contribution in [1.29, 1.82) is 0 Å². The summed E-state index contributed by atoms with van der Waals surface area (Å²) in [4.78, 5) is 26.7. The minimum absolute atomic E-state index is 0.0956. The normalized spacial score (nSPS) is 32.5. The summed E-state index contributed by atoms with van der Waals surface area (Å²) in [5.41, 5.74) is -1.13. The molecule has 2 aromatic carbocycles. The van der Waals surface area contributed by atoms with Gasteiger partial charge in [0.2, 0.25) is 0 Å². The number of esters is 2. The van der Waals surface area contributed by atoms with Crippen molar-refractivity contribution in [3.63, 3.8) is 0 Å². The Kier molecular flexibility index (Phi) is 3.30. The van der Waals surface area contributed by atoms with Gasteiger partial charge in [-0.2, -0.15) is 0 Å². The van der Waals surface area contributed by atoms with Crippen molar-refractivity contribution in [2.45, 2.75) is 38.5 Å². The third-order valence-corrected chi connectivity index (χ3v) is 8.05. The number of rotatable bonds is 0. The van der Waals surface area contributed by atoms with Crippen molar-refractivity contribution in [3.8, 4) is 0 Å². The zero-order valence-corrected chi connectivity index (χ0v) is 16.6. The van der Waals surface area contributed by atoms with Crippen molar-refractivity contribution >= 4 is 11.9 Å². The number of cyclic esters (lactones) is 2. The lowest BCUT2D eigenvalue weighted by atomic mass is 9.37. The highest BCUT2D eigenvalue weighted by molar-refractivity contribution is 6.06. The van der Waals surface area contributed by atoms with Gasteiger partial charge in [-0.1, -0.05) is 35.4 Å². The molecule has 0 N–H and O–H groups in total. The molecule has 0 saturated carbocycles. The standard InChI is InChI=1S/C24H16F4O3/c1-9-7-23-15-11-5-3-4-6-12(11)16(14-13(15)17(25)19(27)20(28)18(14)26)24(23,8-10(9)2)22(30)31-21(23)29/h3-6,15-16H,7-8H2,1-2H3/t15-,16+,23-,24-/m0/s1. The highest BCUT2D eigenvalue weighted by atomic mass is 19.2. The molecule has 1 saturated heterocycles. The van der Waals surface area contributed by atoms with Gasteiger partial charge in [-0.15, -0.1) is 0 Å². The summed E-state index contributed by atoms with van der Waals surface area (Å²) in [5.74, 6) is -10.8. The average Bonchev–Trinajstić information content (AvgIpc) is 2.98. The lowest BCUT2D eigenvalue weighted by Crippen LogP contribution is -2.61. The first-order chi connectivity index (χ1) is 14.7. The molecule has 158 valence electrons. The van der Waals surface area contributed by atoms with E-state index in [-0.39, 0.29) is 24.0 Å². The Morgan fingerprint density at radius 1 is 0.742 bits per heavy atom. The maximum absolute atomic E-state index is 15.3. The molecule has 1 aliphatic heterocycles. The molecular weight excluding hydrogens is 412 g/mol. The Morgan fingerprint density at radius 3 is 1.52 bits per heavy atom. The number of halogens is 4. The zero-order chi connectivity index (χ0) is 22.0.